The number of halogens is 3. The van der Waals surface area contributed by atoms with Gasteiger partial charge < -0.3 is 15.0 Å². The highest BCUT2D eigenvalue weighted by atomic mass is 32.1. The van der Waals surface area contributed by atoms with Gasteiger partial charge in [-0.2, -0.15) is 13.2 Å². The van der Waals surface area contributed by atoms with Crippen molar-refractivity contribution in [2.24, 2.45) is 5.41 Å². The van der Waals surface area contributed by atoms with Crippen LogP contribution in [0.1, 0.15) is 73.3 Å². The summed E-state index contributed by atoms with van der Waals surface area (Å²) in [7, 11) is 0. The van der Waals surface area contributed by atoms with Crippen LogP contribution in [-0.4, -0.2) is 52.5 Å². The van der Waals surface area contributed by atoms with Crippen LogP contribution in [0, 0.1) is 5.41 Å². The Morgan fingerprint density at radius 2 is 2.00 bits per heavy atom. The van der Waals surface area contributed by atoms with Gasteiger partial charge in [0.25, 0.3) is 5.91 Å². The summed E-state index contributed by atoms with van der Waals surface area (Å²) < 4.78 is 47.3. The Balaban J connectivity index is 2.12. The Morgan fingerprint density at radius 3 is 2.56 bits per heavy atom. The molecule has 1 saturated heterocycles. The Bertz CT molecular complexity index is 1060. The van der Waals surface area contributed by atoms with Crippen LogP contribution in [0.2, 0.25) is 0 Å². The first-order chi connectivity index (χ1) is 15.8. The number of ether oxygens (including phenoxy) is 1. The Kier molecular flexibility index (Phi) is 7.54. The smallest absolute Gasteiger partial charge is 0.417 e. The van der Waals surface area contributed by atoms with E-state index in [4.69, 9.17) is 4.74 Å². The fourth-order valence-electron chi connectivity index (χ4n) is 3.62. The summed E-state index contributed by atoms with van der Waals surface area (Å²) >= 11 is 0.709. The normalized spacial score (nSPS) is 16.6. The molecule has 0 spiro atoms. The van der Waals surface area contributed by atoms with Gasteiger partial charge in [-0.15, -0.1) is 11.3 Å². The van der Waals surface area contributed by atoms with E-state index in [0.29, 0.717) is 24.4 Å². The number of pyridine rings is 1. The van der Waals surface area contributed by atoms with Crippen LogP contribution in [0.4, 0.5) is 19.0 Å². The monoisotopic (exact) mass is 498 g/mol. The second-order valence-corrected chi connectivity index (χ2v) is 10.4. The van der Waals surface area contributed by atoms with Gasteiger partial charge in [0.15, 0.2) is 0 Å². The number of esters is 1. The van der Waals surface area contributed by atoms with Crippen molar-refractivity contribution in [3.63, 3.8) is 0 Å². The third-order valence-corrected chi connectivity index (χ3v) is 6.42. The van der Waals surface area contributed by atoms with Crippen LogP contribution >= 0.6 is 11.3 Å². The summed E-state index contributed by atoms with van der Waals surface area (Å²) in [5.41, 5.74) is -1.61. The lowest BCUT2D eigenvalue weighted by molar-refractivity contribution is -0.137. The molecule has 1 atom stereocenters. The zero-order valence-corrected chi connectivity index (χ0v) is 20.7. The summed E-state index contributed by atoms with van der Waals surface area (Å²) in [5.74, 6) is -1.22. The fourth-order valence-corrected chi connectivity index (χ4v) is 4.60. The molecule has 34 heavy (non-hydrogen) atoms. The number of amides is 1. The lowest BCUT2D eigenvalue weighted by Gasteiger charge is -2.22. The molecule has 1 aliphatic rings. The molecule has 0 radical (unpaired) electrons. The van der Waals surface area contributed by atoms with Crippen molar-refractivity contribution in [2.45, 2.75) is 59.7 Å². The maximum atomic E-state index is 14.1. The summed E-state index contributed by atoms with van der Waals surface area (Å²) in [6, 6.07) is 0.856. The summed E-state index contributed by atoms with van der Waals surface area (Å²) in [6.45, 7) is 10.3. The fraction of sp³-hybridized carbons (Fsp3) is 0.565. The van der Waals surface area contributed by atoms with E-state index in [0.717, 1.165) is 25.1 Å². The molecule has 7 nitrogen and oxygen atoms in total. The molecule has 2 aromatic rings. The van der Waals surface area contributed by atoms with Crippen molar-refractivity contribution in [3.05, 3.63) is 28.5 Å². The highest BCUT2D eigenvalue weighted by molar-refractivity contribution is 7.17. The number of hydrogen-bond acceptors (Lipinski definition) is 7. The molecule has 3 rings (SSSR count). The molecule has 0 saturated carbocycles. The summed E-state index contributed by atoms with van der Waals surface area (Å²) in [4.78, 5) is 35.4. The first-order valence-electron chi connectivity index (χ1n) is 11.1. The van der Waals surface area contributed by atoms with Crippen LogP contribution in [0.5, 0.6) is 0 Å². The van der Waals surface area contributed by atoms with E-state index in [9.17, 15) is 22.8 Å². The average Bonchev–Trinajstić information content (AvgIpc) is 3.37. The molecular formula is C23H29F3N4O3S. The number of alkyl halides is 3. The minimum Gasteiger partial charge on any atom is -0.461 e. The summed E-state index contributed by atoms with van der Waals surface area (Å²) in [5, 5.41) is 2.76. The molecule has 0 bridgehead atoms. The Labute approximate surface area is 200 Å². The first kappa shape index (κ1) is 25.9. The second-order valence-electron chi connectivity index (χ2n) is 9.43. The van der Waals surface area contributed by atoms with Gasteiger partial charge in [-0.25, -0.2) is 14.8 Å². The number of carbonyl (C=O) groups is 2. The van der Waals surface area contributed by atoms with Gasteiger partial charge in [0.05, 0.1) is 17.0 Å². The third-order valence-electron chi connectivity index (χ3n) is 5.35. The molecule has 1 aliphatic heterocycles. The first-order valence-corrected chi connectivity index (χ1v) is 11.9. The van der Waals surface area contributed by atoms with Crippen LogP contribution in [0.15, 0.2) is 12.3 Å². The van der Waals surface area contributed by atoms with Crippen molar-refractivity contribution >= 4 is 29.0 Å². The van der Waals surface area contributed by atoms with E-state index in [-0.39, 0.29) is 45.0 Å². The Hall–Kier alpha value is -2.69. The quantitative estimate of drug-likeness (QED) is 0.531. The molecule has 11 heteroatoms. The van der Waals surface area contributed by atoms with E-state index in [1.165, 1.54) is 0 Å². The average molecular weight is 499 g/mol. The van der Waals surface area contributed by atoms with Gasteiger partial charge in [-0.05, 0) is 38.2 Å². The van der Waals surface area contributed by atoms with Crippen LogP contribution in [-0.2, 0) is 10.9 Å². The van der Waals surface area contributed by atoms with Gasteiger partial charge >= 0.3 is 12.1 Å². The Morgan fingerprint density at radius 1 is 1.29 bits per heavy atom. The molecule has 1 N–H and O–H groups in total. The van der Waals surface area contributed by atoms with Crippen molar-refractivity contribution in [1.29, 1.82) is 0 Å². The molecule has 1 amide bonds. The largest absolute Gasteiger partial charge is 0.461 e. The molecule has 0 aliphatic carbocycles. The number of nitrogens with one attached hydrogen (secondary N) is 1. The van der Waals surface area contributed by atoms with Gasteiger partial charge in [0.1, 0.15) is 11.5 Å². The topological polar surface area (TPSA) is 84.4 Å². The second kappa shape index (κ2) is 9.89. The number of hydrogen-bond donors (Lipinski definition) is 1. The van der Waals surface area contributed by atoms with Crippen LogP contribution in [0.25, 0.3) is 10.4 Å². The SMILES string of the molecule is CCOC(=O)c1nc(C(=O)N2CCC[C@@H]2C)c(-c2cnc(NCC(C)(C)C)cc2C(F)(F)F)s1. The lowest BCUT2D eigenvalue weighted by Crippen LogP contribution is -2.34. The van der Waals surface area contributed by atoms with Gasteiger partial charge in [0.2, 0.25) is 5.01 Å². The van der Waals surface area contributed by atoms with Gasteiger partial charge in [0, 0.05) is 30.9 Å². The van der Waals surface area contributed by atoms with E-state index in [1.807, 2.05) is 27.7 Å². The van der Waals surface area contributed by atoms with E-state index >= 15 is 0 Å². The van der Waals surface area contributed by atoms with Crippen molar-refractivity contribution in [1.82, 2.24) is 14.9 Å². The van der Waals surface area contributed by atoms with Crippen LogP contribution < -0.4 is 5.32 Å². The van der Waals surface area contributed by atoms with Gasteiger partial charge in [-0.1, -0.05) is 20.8 Å². The minimum atomic E-state index is -4.72. The van der Waals surface area contributed by atoms with E-state index in [2.05, 4.69) is 15.3 Å². The number of likely N-dealkylation sites (tertiary alicyclic amines) is 1. The molecule has 186 valence electrons. The summed E-state index contributed by atoms with van der Waals surface area (Å²) in [6.07, 6.45) is -2.05. The van der Waals surface area contributed by atoms with Gasteiger partial charge in [-0.3, -0.25) is 4.79 Å². The predicted octanol–water partition coefficient (Wildman–Crippen LogP) is 5.48. The molecule has 1 fully saturated rings. The van der Waals surface area contributed by atoms with Crippen LogP contribution in [0.3, 0.4) is 0 Å². The highest BCUT2D eigenvalue weighted by Crippen LogP contribution is 2.42. The van der Waals surface area contributed by atoms with Crippen molar-refractivity contribution in [3.8, 4) is 10.4 Å². The number of nitrogens with zero attached hydrogens (tertiary/aromatic N) is 3. The zero-order chi connectivity index (χ0) is 25.3. The maximum Gasteiger partial charge on any atom is 0.417 e. The molecule has 2 aromatic heterocycles. The number of thiazole rings is 1. The third kappa shape index (κ3) is 5.86. The number of carbonyl (C=O) groups excluding carboxylic acids is 2. The van der Waals surface area contributed by atoms with Crippen molar-refractivity contribution < 1.29 is 27.5 Å². The van der Waals surface area contributed by atoms with Crippen molar-refractivity contribution in [2.75, 3.05) is 25.0 Å². The number of rotatable bonds is 6. The number of anilines is 1. The number of aromatic nitrogens is 2. The standard InChI is InChI=1S/C23H29F3N4O3S/c1-6-33-21(32)19-29-17(20(31)30-9-7-8-13(30)2)18(34-19)14-11-27-16(28-12-22(3,4)5)10-15(14)23(24,25)26/h10-11,13H,6-9,12H2,1-5H3,(H,27,28)/t13-/m0/s1. The van der Waals surface area contributed by atoms with E-state index < -0.39 is 23.6 Å². The lowest BCUT2D eigenvalue weighted by atomic mass is 9.97. The zero-order valence-electron chi connectivity index (χ0n) is 19.9. The molecule has 0 unspecified atom stereocenters. The molecule has 0 aromatic carbocycles. The molecule has 3 heterocycles. The maximum absolute atomic E-state index is 14.1. The predicted molar refractivity (Wildman–Crippen MR) is 124 cm³/mol. The molecular weight excluding hydrogens is 469 g/mol. The highest BCUT2D eigenvalue weighted by Gasteiger charge is 2.38. The van der Waals surface area contributed by atoms with E-state index in [1.54, 1.807) is 11.8 Å². The minimum absolute atomic E-state index is 0.0469.